The summed E-state index contributed by atoms with van der Waals surface area (Å²) in [7, 11) is 3.86. The van der Waals surface area contributed by atoms with Crippen molar-refractivity contribution < 1.29 is 5.11 Å². The maximum absolute atomic E-state index is 10.1. The predicted molar refractivity (Wildman–Crippen MR) is 75.7 cm³/mol. The normalized spacial score (nSPS) is 12.7. The second-order valence-corrected chi connectivity index (χ2v) is 4.88. The van der Waals surface area contributed by atoms with Crippen LogP contribution in [0.5, 0.6) is 0 Å². The number of benzene rings is 1. The van der Waals surface area contributed by atoms with Crippen LogP contribution >= 0.6 is 0 Å². The van der Waals surface area contributed by atoms with Gasteiger partial charge in [0.2, 0.25) is 0 Å². The Morgan fingerprint density at radius 1 is 1.21 bits per heavy atom. The van der Waals surface area contributed by atoms with E-state index in [-0.39, 0.29) is 0 Å². The highest BCUT2D eigenvalue weighted by atomic mass is 16.3. The highest BCUT2D eigenvalue weighted by Gasteiger charge is 2.14. The first-order valence-corrected chi connectivity index (χ1v) is 6.29. The van der Waals surface area contributed by atoms with Gasteiger partial charge in [0.15, 0.2) is 5.82 Å². The third-order valence-electron chi connectivity index (χ3n) is 2.95. The zero-order chi connectivity index (χ0) is 13.8. The Balaban J connectivity index is 2.27. The highest BCUT2D eigenvalue weighted by Crippen LogP contribution is 2.20. The van der Waals surface area contributed by atoms with Crippen molar-refractivity contribution in [3.8, 4) is 11.4 Å². The fourth-order valence-corrected chi connectivity index (χ4v) is 1.97. The van der Waals surface area contributed by atoms with E-state index in [0.29, 0.717) is 12.4 Å². The Labute approximate surface area is 113 Å². The molecule has 1 aromatic carbocycles. The molecule has 0 saturated carbocycles. The van der Waals surface area contributed by atoms with Gasteiger partial charge in [-0.15, -0.1) is 0 Å². The number of aryl methyl sites for hydroxylation is 1. The molecule has 4 heteroatoms. The topological polar surface area (TPSA) is 49.3 Å². The van der Waals surface area contributed by atoms with Crippen molar-refractivity contribution in [3.05, 3.63) is 47.8 Å². The van der Waals surface area contributed by atoms with E-state index in [1.807, 2.05) is 56.3 Å². The molecule has 4 nitrogen and oxygen atoms in total. The minimum atomic E-state index is -0.556. The zero-order valence-corrected chi connectivity index (χ0v) is 11.5. The molecule has 0 aliphatic carbocycles. The summed E-state index contributed by atoms with van der Waals surface area (Å²) in [4.78, 5) is 10.8. The summed E-state index contributed by atoms with van der Waals surface area (Å²) in [5.74, 6) is 0.693. The van der Waals surface area contributed by atoms with Crippen LogP contribution in [0, 0.1) is 6.92 Å². The van der Waals surface area contributed by atoms with Crippen molar-refractivity contribution in [2.75, 3.05) is 20.6 Å². The van der Waals surface area contributed by atoms with Crippen LogP contribution in [0.3, 0.4) is 0 Å². The van der Waals surface area contributed by atoms with Gasteiger partial charge in [-0.2, -0.15) is 0 Å². The third-order valence-corrected chi connectivity index (χ3v) is 2.95. The smallest absolute Gasteiger partial charge is 0.159 e. The lowest BCUT2D eigenvalue weighted by molar-refractivity contribution is 0.137. The molecule has 19 heavy (non-hydrogen) atoms. The van der Waals surface area contributed by atoms with E-state index in [1.54, 1.807) is 6.20 Å². The molecule has 1 atom stereocenters. The van der Waals surface area contributed by atoms with Gasteiger partial charge in [-0.05, 0) is 21.0 Å². The van der Waals surface area contributed by atoms with Crippen molar-refractivity contribution in [1.82, 2.24) is 14.9 Å². The number of hydrogen-bond donors (Lipinski definition) is 1. The molecule has 100 valence electrons. The molecule has 0 radical (unpaired) electrons. The van der Waals surface area contributed by atoms with Gasteiger partial charge in [0.25, 0.3) is 0 Å². The fourth-order valence-electron chi connectivity index (χ4n) is 1.97. The van der Waals surface area contributed by atoms with Crippen LogP contribution < -0.4 is 0 Å². The second kappa shape index (κ2) is 5.91. The Morgan fingerprint density at radius 3 is 2.47 bits per heavy atom. The average molecular weight is 257 g/mol. The molecule has 0 aliphatic heterocycles. The predicted octanol–water partition coefficient (Wildman–Crippen LogP) is 2.05. The lowest BCUT2D eigenvalue weighted by Gasteiger charge is -2.17. The molecular weight excluding hydrogens is 238 g/mol. The lowest BCUT2D eigenvalue weighted by atomic mass is 10.1. The summed E-state index contributed by atoms with van der Waals surface area (Å²) in [5.41, 5.74) is 2.59. The molecule has 0 saturated heterocycles. The number of likely N-dealkylation sites (N-methyl/N-ethyl adjacent to an activating group) is 1. The van der Waals surface area contributed by atoms with Crippen LogP contribution in [-0.2, 0) is 0 Å². The highest BCUT2D eigenvalue weighted by molar-refractivity contribution is 5.54. The van der Waals surface area contributed by atoms with Gasteiger partial charge in [0.05, 0.1) is 6.10 Å². The van der Waals surface area contributed by atoms with Gasteiger partial charge in [0, 0.05) is 29.6 Å². The Hall–Kier alpha value is -1.78. The number of aliphatic hydroxyl groups excluding tert-OH is 1. The van der Waals surface area contributed by atoms with Crippen LogP contribution in [-0.4, -0.2) is 40.6 Å². The Kier molecular flexibility index (Phi) is 4.24. The minimum absolute atomic E-state index is 0.556. The van der Waals surface area contributed by atoms with Crippen LogP contribution in [0.25, 0.3) is 11.4 Å². The van der Waals surface area contributed by atoms with Gasteiger partial charge >= 0.3 is 0 Å². The van der Waals surface area contributed by atoms with Crippen LogP contribution in [0.15, 0.2) is 36.5 Å². The molecule has 0 fully saturated rings. The molecule has 0 aliphatic rings. The maximum atomic E-state index is 10.1. The summed E-state index contributed by atoms with van der Waals surface area (Å²) in [6, 6.07) is 9.84. The third kappa shape index (κ3) is 3.36. The zero-order valence-electron chi connectivity index (χ0n) is 11.5. The van der Waals surface area contributed by atoms with Gasteiger partial charge in [-0.1, -0.05) is 30.3 Å². The largest absolute Gasteiger partial charge is 0.387 e. The van der Waals surface area contributed by atoms with Gasteiger partial charge in [0.1, 0.15) is 0 Å². The summed E-state index contributed by atoms with van der Waals surface area (Å²) in [5, 5.41) is 10.1. The van der Waals surface area contributed by atoms with Crippen LogP contribution in [0.1, 0.15) is 17.4 Å². The number of aromatic nitrogens is 2. The fraction of sp³-hybridized carbons (Fsp3) is 0.333. The summed E-state index contributed by atoms with van der Waals surface area (Å²) >= 11 is 0. The summed E-state index contributed by atoms with van der Waals surface area (Å²) in [6.45, 7) is 2.47. The standard InChI is InChI=1S/C15H19N3O/c1-11-13(14(19)10-18(2)3)9-16-15(17-11)12-7-5-4-6-8-12/h4-9,14,19H,10H2,1-3H3/t14-/m0/s1. The maximum Gasteiger partial charge on any atom is 0.159 e. The lowest BCUT2D eigenvalue weighted by Crippen LogP contribution is -2.21. The molecule has 1 aromatic heterocycles. The van der Waals surface area contributed by atoms with Crippen molar-refractivity contribution >= 4 is 0 Å². The number of nitrogens with zero attached hydrogens (tertiary/aromatic N) is 3. The van der Waals surface area contributed by atoms with E-state index < -0.39 is 6.10 Å². The molecule has 1 heterocycles. The molecule has 2 aromatic rings. The number of rotatable bonds is 4. The van der Waals surface area contributed by atoms with E-state index in [2.05, 4.69) is 9.97 Å². The monoisotopic (exact) mass is 257 g/mol. The molecule has 2 rings (SSSR count). The SMILES string of the molecule is Cc1nc(-c2ccccc2)ncc1[C@@H](O)CN(C)C. The molecule has 0 unspecified atom stereocenters. The molecule has 0 bridgehead atoms. The molecule has 0 amide bonds. The van der Waals surface area contributed by atoms with Crippen molar-refractivity contribution in [2.24, 2.45) is 0 Å². The minimum Gasteiger partial charge on any atom is -0.387 e. The number of hydrogen-bond acceptors (Lipinski definition) is 4. The quantitative estimate of drug-likeness (QED) is 0.910. The Bertz CT molecular complexity index is 540. The first-order valence-electron chi connectivity index (χ1n) is 6.29. The van der Waals surface area contributed by atoms with Crippen molar-refractivity contribution in [2.45, 2.75) is 13.0 Å². The van der Waals surface area contributed by atoms with E-state index in [9.17, 15) is 5.11 Å². The van der Waals surface area contributed by atoms with Gasteiger partial charge < -0.3 is 10.0 Å². The van der Waals surface area contributed by atoms with E-state index in [4.69, 9.17) is 0 Å². The molecule has 0 spiro atoms. The molecule has 1 N–H and O–H groups in total. The first kappa shape index (κ1) is 13.6. The number of aliphatic hydroxyl groups is 1. The van der Waals surface area contributed by atoms with E-state index in [1.165, 1.54) is 0 Å². The van der Waals surface area contributed by atoms with Crippen molar-refractivity contribution in [1.29, 1.82) is 0 Å². The first-order chi connectivity index (χ1) is 9.08. The second-order valence-electron chi connectivity index (χ2n) is 4.88. The van der Waals surface area contributed by atoms with Crippen LogP contribution in [0.4, 0.5) is 0 Å². The molecular formula is C15H19N3O. The van der Waals surface area contributed by atoms with E-state index >= 15 is 0 Å². The average Bonchev–Trinajstić information content (AvgIpc) is 2.38. The van der Waals surface area contributed by atoms with Crippen molar-refractivity contribution in [3.63, 3.8) is 0 Å². The van der Waals surface area contributed by atoms with Gasteiger partial charge in [-0.25, -0.2) is 9.97 Å². The summed E-state index contributed by atoms with van der Waals surface area (Å²) < 4.78 is 0. The van der Waals surface area contributed by atoms with Crippen LogP contribution in [0.2, 0.25) is 0 Å². The summed E-state index contributed by atoms with van der Waals surface area (Å²) in [6.07, 6.45) is 1.17. The van der Waals surface area contributed by atoms with Gasteiger partial charge in [-0.3, -0.25) is 0 Å². The Morgan fingerprint density at radius 2 is 1.89 bits per heavy atom. The van der Waals surface area contributed by atoms with E-state index in [0.717, 1.165) is 16.8 Å².